The van der Waals surface area contributed by atoms with Crippen LogP contribution >= 0.6 is 0 Å². The maximum Gasteiger partial charge on any atom is 0.270 e. The smallest absolute Gasteiger partial charge is 0.270 e. The van der Waals surface area contributed by atoms with Crippen LogP contribution < -0.4 is 5.73 Å². The fourth-order valence-corrected chi connectivity index (χ4v) is 3.53. The Morgan fingerprint density at radius 3 is 2.65 bits per heavy atom. The second-order valence-electron chi connectivity index (χ2n) is 6.54. The van der Waals surface area contributed by atoms with Crippen LogP contribution in [0.1, 0.15) is 62.0 Å². The molecular weight excluding hydrogens is 250 g/mol. The van der Waals surface area contributed by atoms with E-state index in [2.05, 4.69) is 11.5 Å². The van der Waals surface area contributed by atoms with Gasteiger partial charge >= 0.3 is 0 Å². The third kappa shape index (κ3) is 2.43. The quantitative estimate of drug-likeness (QED) is 0.921. The minimum absolute atomic E-state index is 0.132. The van der Waals surface area contributed by atoms with Gasteiger partial charge in [-0.2, -0.15) is 0 Å². The van der Waals surface area contributed by atoms with E-state index in [1.165, 1.54) is 19.3 Å². The monoisotopic (exact) mass is 275 g/mol. The standard InChI is InChI=1S/C16H25N3O/c1-11-5-3-4-6-14(11)18(2)16(20)15-9-12(17)10-19(15)13-7-8-13/h9-11,13-14H,3-8,17H2,1-2H3. The second kappa shape index (κ2) is 5.15. The van der Waals surface area contributed by atoms with Gasteiger partial charge in [0, 0.05) is 25.3 Å². The maximum absolute atomic E-state index is 12.8. The van der Waals surface area contributed by atoms with Crippen molar-refractivity contribution in [2.45, 2.75) is 57.5 Å². The molecule has 2 saturated carbocycles. The number of nitrogen functional groups attached to an aromatic ring is 1. The van der Waals surface area contributed by atoms with Crippen LogP contribution in [0.15, 0.2) is 12.3 Å². The Bertz CT molecular complexity index is 504. The Balaban J connectivity index is 1.80. The van der Waals surface area contributed by atoms with Crippen LogP contribution in [0.5, 0.6) is 0 Å². The Morgan fingerprint density at radius 1 is 1.30 bits per heavy atom. The third-order valence-electron chi connectivity index (χ3n) is 4.91. The fourth-order valence-electron chi connectivity index (χ4n) is 3.53. The van der Waals surface area contributed by atoms with Crippen LogP contribution in [0.3, 0.4) is 0 Å². The van der Waals surface area contributed by atoms with E-state index < -0.39 is 0 Å². The lowest BCUT2D eigenvalue weighted by molar-refractivity contribution is 0.0618. The lowest BCUT2D eigenvalue weighted by atomic mass is 9.85. The number of carbonyl (C=O) groups is 1. The highest BCUT2D eigenvalue weighted by molar-refractivity contribution is 5.94. The largest absolute Gasteiger partial charge is 0.397 e. The molecule has 0 aromatic carbocycles. The zero-order valence-corrected chi connectivity index (χ0v) is 12.5. The lowest BCUT2D eigenvalue weighted by Crippen LogP contribution is -2.43. The third-order valence-corrected chi connectivity index (χ3v) is 4.91. The van der Waals surface area contributed by atoms with E-state index in [0.717, 1.165) is 25.0 Å². The number of aromatic nitrogens is 1. The molecule has 2 fully saturated rings. The average molecular weight is 275 g/mol. The molecule has 4 nitrogen and oxygen atoms in total. The average Bonchev–Trinajstić information content (AvgIpc) is 3.20. The first-order valence-electron chi connectivity index (χ1n) is 7.82. The van der Waals surface area contributed by atoms with Crippen LogP contribution in [0, 0.1) is 5.92 Å². The Morgan fingerprint density at radius 2 is 2.00 bits per heavy atom. The molecule has 2 aliphatic rings. The fraction of sp³-hybridized carbons (Fsp3) is 0.688. The predicted molar refractivity (Wildman–Crippen MR) is 80.6 cm³/mol. The molecule has 1 amide bonds. The summed E-state index contributed by atoms with van der Waals surface area (Å²) >= 11 is 0. The molecule has 0 saturated heterocycles. The van der Waals surface area contributed by atoms with Crippen molar-refractivity contribution in [3.05, 3.63) is 18.0 Å². The number of hydrogen-bond donors (Lipinski definition) is 1. The lowest BCUT2D eigenvalue weighted by Gasteiger charge is -2.36. The summed E-state index contributed by atoms with van der Waals surface area (Å²) in [5, 5.41) is 0. The number of anilines is 1. The number of carbonyl (C=O) groups excluding carboxylic acids is 1. The molecule has 1 aromatic heterocycles. The molecule has 3 rings (SSSR count). The number of nitrogens with two attached hydrogens (primary N) is 1. The van der Waals surface area contributed by atoms with E-state index in [-0.39, 0.29) is 5.91 Å². The van der Waals surface area contributed by atoms with Gasteiger partial charge in [0.05, 0.1) is 5.69 Å². The van der Waals surface area contributed by atoms with Crippen LogP contribution in [0.2, 0.25) is 0 Å². The molecule has 2 unspecified atom stereocenters. The molecular formula is C16H25N3O. The summed E-state index contributed by atoms with van der Waals surface area (Å²) in [4.78, 5) is 14.8. The molecule has 1 heterocycles. The van der Waals surface area contributed by atoms with Crippen LogP contribution in [0.4, 0.5) is 5.69 Å². The van der Waals surface area contributed by atoms with Crippen molar-refractivity contribution in [2.24, 2.45) is 5.92 Å². The van der Waals surface area contributed by atoms with Crippen molar-refractivity contribution < 1.29 is 4.79 Å². The summed E-state index contributed by atoms with van der Waals surface area (Å²) in [6, 6.07) is 2.70. The van der Waals surface area contributed by atoms with E-state index in [1.54, 1.807) is 0 Å². The van der Waals surface area contributed by atoms with Crippen molar-refractivity contribution in [1.82, 2.24) is 9.47 Å². The Hall–Kier alpha value is -1.45. The normalized spacial score (nSPS) is 26.5. The summed E-state index contributed by atoms with van der Waals surface area (Å²) in [5.74, 6) is 0.728. The first-order valence-corrected chi connectivity index (χ1v) is 7.82. The van der Waals surface area contributed by atoms with E-state index in [1.807, 2.05) is 24.2 Å². The van der Waals surface area contributed by atoms with E-state index >= 15 is 0 Å². The van der Waals surface area contributed by atoms with Gasteiger partial charge in [0.25, 0.3) is 5.91 Å². The van der Waals surface area contributed by atoms with Gasteiger partial charge in [-0.05, 0) is 37.7 Å². The van der Waals surface area contributed by atoms with E-state index in [0.29, 0.717) is 23.7 Å². The van der Waals surface area contributed by atoms with Gasteiger partial charge in [-0.25, -0.2) is 0 Å². The number of rotatable bonds is 3. The van der Waals surface area contributed by atoms with E-state index in [4.69, 9.17) is 5.73 Å². The molecule has 20 heavy (non-hydrogen) atoms. The molecule has 4 heteroatoms. The van der Waals surface area contributed by atoms with Gasteiger partial charge in [-0.3, -0.25) is 4.79 Å². The van der Waals surface area contributed by atoms with Crippen molar-refractivity contribution in [2.75, 3.05) is 12.8 Å². The first kappa shape index (κ1) is 13.5. The molecule has 0 radical (unpaired) electrons. The predicted octanol–water partition coefficient (Wildman–Crippen LogP) is 3.06. The molecule has 110 valence electrons. The molecule has 0 bridgehead atoms. The van der Waals surface area contributed by atoms with Gasteiger partial charge in [0.15, 0.2) is 0 Å². The molecule has 2 atom stereocenters. The van der Waals surface area contributed by atoms with Gasteiger partial charge in [-0.1, -0.05) is 19.8 Å². The topological polar surface area (TPSA) is 51.3 Å². The number of amides is 1. The number of nitrogens with zero attached hydrogens (tertiary/aromatic N) is 2. The SMILES string of the molecule is CC1CCCCC1N(C)C(=O)c1cc(N)cn1C1CC1. The Kier molecular flexibility index (Phi) is 3.48. The van der Waals surface area contributed by atoms with Crippen LogP contribution in [0.25, 0.3) is 0 Å². The zero-order chi connectivity index (χ0) is 14.3. The highest BCUT2D eigenvalue weighted by Crippen LogP contribution is 2.38. The summed E-state index contributed by atoms with van der Waals surface area (Å²) < 4.78 is 2.08. The van der Waals surface area contributed by atoms with Crippen molar-refractivity contribution in [3.63, 3.8) is 0 Å². The summed E-state index contributed by atoms with van der Waals surface area (Å²) in [7, 11) is 1.95. The first-order chi connectivity index (χ1) is 9.58. The maximum atomic E-state index is 12.8. The zero-order valence-electron chi connectivity index (χ0n) is 12.5. The summed E-state index contributed by atoms with van der Waals surface area (Å²) in [5.41, 5.74) is 7.37. The Labute approximate surface area is 120 Å². The minimum Gasteiger partial charge on any atom is -0.397 e. The molecule has 0 aliphatic heterocycles. The van der Waals surface area contributed by atoms with Gasteiger partial charge in [0.1, 0.15) is 5.69 Å². The number of hydrogen-bond acceptors (Lipinski definition) is 2. The van der Waals surface area contributed by atoms with Gasteiger partial charge in [0.2, 0.25) is 0 Å². The molecule has 1 aromatic rings. The summed E-state index contributed by atoms with van der Waals surface area (Å²) in [6.45, 7) is 2.27. The molecule has 2 N–H and O–H groups in total. The highest BCUT2D eigenvalue weighted by atomic mass is 16.2. The van der Waals surface area contributed by atoms with E-state index in [9.17, 15) is 4.79 Å². The highest BCUT2D eigenvalue weighted by Gasteiger charge is 2.32. The van der Waals surface area contributed by atoms with Gasteiger partial charge < -0.3 is 15.2 Å². The van der Waals surface area contributed by atoms with Gasteiger partial charge in [-0.15, -0.1) is 0 Å². The summed E-state index contributed by atoms with van der Waals surface area (Å²) in [6.07, 6.45) is 9.14. The van der Waals surface area contributed by atoms with Crippen molar-refractivity contribution >= 4 is 11.6 Å². The van der Waals surface area contributed by atoms with Crippen molar-refractivity contribution in [3.8, 4) is 0 Å². The van der Waals surface area contributed by atoms with Crippen LogP contribution in [-0.2, 0) is 0 Å². The second-order valence-corrected chi connectivity index (χ2v) is 6.54. The molecule has 0 spiro atoms. The minimum atomic E-state index is 0.132. The molecule has 2 aliphatic carbocycles. The van der Waals surface area contributed by atoms with Crippen LogP contribution in [-0.4, -0.2) is 28.5 Å². The van der Waals surface area contributed by atoms with Crippen molar-refractivity contribution in [1.29, 1.82) is 0 Å².